The fourth-order valence-corrected chi connectivity index (χ4v) is 1.56. The number of nitrogens with two attached hydrogens (primary N) is 1. The zero-order chi connectivity index (χ0) is 13.1. The lowest BCUT2D eigenvalue weighted by Crippen LogP contribution is -2.23. The van der Waals surface area contributed by atoms with Crippen LogP contribution in [0.15, 0.2) is 24.3 Å². The van der Waals surface area contributed by atoms with E-state index in [2.05, 4.69) is 20.8 Å². The first-order valence-electron chi connectivity index (χ1n) is 5.89. The molecule has 2 N–H and O–H groups in total. The molecule has 3 heteroatoms. The summed E-state index contributed by atoms with van der Waals surface area (Å²) in [6.07, 6.45) is 0. The van der Waals surface area contributed by atoms with E-state index in [-0.39, 0.29) is 11.4 Å². The van der Waals surface area contributed by atoms with E-state index < -0.39 is 6.04 Å². The first kappa shape index (κ1) is 13.7. The average Bonchev–Trinajstić information content (AvgIpc) is 2.27. The van der Waals surface area contributed by atoms with Crippen molar-refractivity contribution < 1.29 is 9.53 Å². The molecule has 3 nitrogen and oxygen atoms in total. The molecule has 0 aliphatic rings. The van der Waals surface area contributed by atoms with Crippen molar-refractivity contribution in [2.24, 2.45) is 5.73 Å². The lowest BCUT2D eigenvalue weighted by atomic mass is 9.86. The van der Waals surface area contributed by atoms with Gasteiger partial charge in [-0.2, -0.15) is 0 Å². The molecule has 0 spiro atoms. The van der Waals surface area contributed by atoms with Crippen LogP contribution < -0.4 is 5.73 Å². The van der Waals surface area contributed by atoms with Gasteiger partial charge in [0.2, 0.25) is 0 Å². The Labute approximate surface area is 103 Å². The van der Waals surface area contributed by atoms with Crippen LogP contribution in [0.3, 0.4) is 0 Å². The highest BCUT2D eigenvalue weighted by Crippen LogP contribution is 2.23. The number of hydrogen-bond donors (Lipinski definition) is 1. The van der Waals surface area contributed by atoms with Gasteiger partial charge in [0.05, 0.1) is 6.61 Å². The predicted molar refractivity (Wildman–Crippen MR) is 68.7 cm³/mol. The van der Waals surface area contributed by atoms with Crippen LogP contribution in [-0.4, -0.2) is 12.6 Å². The highest BCUT2D eigenvalue weighted by Gasteiger charge is 2.18. The summed E-state index contributed by atoms with van der Waals surface area (Å²) in [7, 11) is 0. The Balaban J connectivity index is 2.84. The van der Waals surface area contributed by atoms with E-state index in [1.165, 1.54) is 5.56 Å². The first-order chi connectivity index (χ1) is 7.86. The van der Waals surface area contributed by atoms with Gasteiger partial charge in [0.15, 0.2) is 0 Å². The molecule has 0 aliphatic heterocycles. The van der Waals surface area contributed by atoms with Gasteiger partial charge >= 0.3 is 5.97 Å². The van der Waals surface area contributed by atoms with Gasteiger partial charge in [-0.05, 0) is 23.5 Å². The van der Waals surface area contributed by atoms with E-state index in [0.717, 1.165) is 5.56 Å². The predicted octanol–water partition coefficient (Wildman–Crippen LogP) is 2.55. The van der Waals surface area contributed by atoms with Gasteiger partial charge in [0, 0.05) is 0 Å². The van der Waals surface area contributed by atoms with Crippen LogP contribution in [0, 0.1) is 0 Å². The Morgan fingerprint density at radius 3 is 2.24 bits per heavy atom. The molecule has 0 saturated heterocycles. The summed E-state index contributed by atoms with van der Waals surface area (Å²) in [5.41, 5.74) is 7.92. The monoisotopic (exact) mass is 235 g/mol. The van der Waals surface area contributed by atoms with Gasteiger partial charge in [-0.15, -0.1) is 0 Å². The Morgan fingerprint density at radius 2 is 1.82 bits per heavy atom. The van der Waals surface area contributed by atoms with Crippen molar-refractivity contribution in [1.82, 2.24) is 0 Å². The Hall–Kier alpha value is -1.35. The van der Waals surface area contributed by atoms with Crippen molar-refractivity contribution >= 4 is 5.97 Å². The number of ether oxygens (including phenoxy) is 1. The molecular formula is C14H21NO2. The maximum atomic E-state index is 11.5. The average molecular weight is 235 g/mol. The van der Waals surface area contributed by atoms with E-state index in [4.69, 9.17) is 10.5 Å². The third-order valence-corrected chi connectivity index (χ3v) is 2.68. The van der Waals surface area contributed by atoms with Gasteiger partial charge in [-0.25, -0.2) is 4.79 Å². The summed E-state index contributed by atoms with van der Waals surface area (Å²) in [5.74, 6) is -0.379. The molecule has 94 valence electrons. The first-order valence-corrected chi connectivity index (χ1v) is 5.89. The SMILES string of the molecule is CCOC(=O)C(N)c1ccc(C(C)(C)C)cc1. The summed E-state index contributed by atoms with van der Waals surface area (Å²) in [6, 6.07) is 7.11. The number of carbonyl (C=O) groups is 1. The number of carbonyl (C=O) groups excluding carboxylic acids is 1. The van der Waals surface area contributed by atoms with Crippen LogP contribution in [0.4, 0.5) is 0 Å². The summed E-state index contributed by atoms with van der Waals surface area (Å²) >= 11 is 0. The maximum Gasteiger partial charge on any atom is 0.327 e. The largest absolute Gasteiger partial charge is 0.465 e. The molecule has 17 heavy (non-hydrogen) atoms. The molecule has 1 aromatic carbocycles. The number of hydrogen-bond acceptors (Lipinski definition) is 3. The Bertz CT molecular complexity index is 376. The van der Waals surface area contributed by atoms with Gasteiger partial charge in [0.1, 0.15) is 6.04 Å². The quantitative estimate of drug-likeness (QED) is 0.819. The third-order valence-electron chi connectivity index (χ3n) is 2.68. The van der Waals surface area contributed by atoms with Gasteiger partial charge in [-0.3, -0.25) is 0 Å². The van der Waals surface area contributed by atoms with Crippen LogP contribution in [0.1, 0.15) is 44.9 Å². The molecule has 0 aromatic heterocycles. The summed E-state index contributed by atoms with van der Waals surface area (Å²) in [5, 5.41) is 0. The topological polar surface area (TPSA) is 52.3 Å². The van der Waals surface area contributed by atoms with Crippen LogP contribution >= 0.6 is 0 Å². The molecule has 1 aromatic rings. The summed E-state index contributed by atoms with van der Waals surface area (Å²) in [6.45, 7) is 8.56. The molecule has 0 radical (unpaired) electrons. The second-order valence-electron chi connectivity index (χ2n) is 5.10. The molecule has 0 heterocycles. The maximum absolute atomic E-state index is 11.5. The third kappa shape index (κ3) is 3.56. The van der Waals surface area contributed by atoms with E-state index in [1.807, 2.05) is 24.3 Å². The second kappa shape index (κ2) is 5.32. The van der Waals surface area contributed by atoms with Crippen LogP contribution in [-0.2, 0) is 14.9 Å². The molecule has 0 bridgehead atoms. The number of rotatable bonds is 3. The lowest BCUT2D eigenvalue weighted by Gasteiger charge is -2.20. The summed E-state index contributed by atoms with van der Waals surface area (Å²) < 4.78 is 4.89. The molecule has 1 rings (SSSR count). The van der Waals surface area contributed by atoms with Crippen molar-refractivity contribution in [3.05, 3.63) is 35.4 Å². The highest BCUT2D eigenvalue weighted by molar-refractivity contribution is 5.77. The Kier molecular flexibility index (Phi) is 4.29. The minimum Gasteiger partial charge on any atom is -0.465 e. The van der Waals surface area contributed by atoms with Gasteiger partial charge in [-0.1, -0.05) is 45.0 Å². The van der Waals surface area contributed by atoms with Crippen LogP contribution in [0.2, 0.25) is 0 Å². The van der Waals surface area contributed by atoms with E-state index in [1.54, 1.807) is 6.92 Å². The van der Waals surface area contributed by atoms with Gasteiger partial charge < -0.3 is 10.5 Å². The van der Waals surface area contributed by atoms with Crippen molar-refractivity contribution in [3.63, 3.8) is 0 Å². The van der Waals surface area contributed by atoms with Crippen molar-refractivity contribution in [1.29, 1.82) is 0 Å². The lowest BCUT2D eigenvalue weighted by molar-refractivity contribution is -0.144. The molecule has 0 fully saturated rings. The summed E-state index contributed by atoms with van der Waals surface area (Å²) in [4.78, 5) is 11.5. The Morgan fingerprint density at radius 1 is 1.29 bits per heavy atom. The fraction of sp³-hybridized carbons (Fsp3) is 0.500. The van der Waals surface area contributed by atoms with Crippen molar-refractivity contribution in [2.45, 2.75) is 39.2 Å². The molecule has 0 saturated carbocycles. The standard InChI is InChI=1S/C14H21NO2/c1-5-17-13(16)12(15)10-6-8-11(9-7-10)14(2,3)4/h6-9,12H,5,15H2,1-4H3. The van der Waals surface area contributed by atoms with E-state index in [9.17, 15) is 4.79 Å². The van der Waals surface area contributed by atoms with Crippen molar-refractivity contribution in [2.75, 3.05) is 6.61 Å². The molecule has 1 atom stereocenters. The van der Waals surface area contributed by atoms with Crippen molar-refractivity contribution in [3.8, 4) is 0 Å². The second-order valence-corrected chi connectivity index (χ2v) is 5.10. The molecule has 1 unspecified atom stereocenters. The minimum absolute atomic E-state index is 0.104. The van der Waals surface area contributed by atoms with E-state index in [0.29, 0.717) is 6.61 Å². The normalized spacial score (nSPS) is 13.2. The van der Waals surface area contributed by atoms with Crippen LogP contribution in [0.25, 0.3) is 0 Å². The van der Waals surface area contributed by atoms with Gasteiger partial charge in [0.25, 0.3) is 0 Å². The molecular weight excluding hydrogens is 214 g/mol. The zero-order valence-electron chi connectivity index (χ0n) is 11.0. The smallest absolute Gasteiger partial charge is 0.327 e. The molecule has 0 aliphatic carbocycles. The highest BCUT2D eigenvalue weighted by atomic mass is 16.5. The zero-order valence-corrected chi connectivity index (χ0v) is 11.0. The van der Waals surface area contributed by atoms with E-state index >= 15 is 0 Å². The fourth-order valence-electron chi connectivity index (χ4n) is 1.56. The number of benzene rings is 1. The number of esters is 1. The minimum atomic E-state index is -0.691. The molecule has 0 amide bonds. The van der Waals surface area contributed by atoms with Crippen LogP contribution in [0.5, 0.6) is 0 Å².